The number of benzene rings is 1. The van der Waals surface area contributed by atoms with Gasteiger partial charge in [-0.25, -0.2) is 0 Å². The van der Waals surface area contributed by atoms with Gasteiger partial charge in [-0.15, -0.1) is 0 Å². The van der Waals surface area contributed by atoms with Crippen LogP contribution < -0.4 is 0 Å². The summed E-state index contributed by atoms with van der Waals surface area (Å²) in [6.07, 6.45) is 7.29. The number of ether oxygens (including phenoxy) is 3. The van der Waals surface area contributed by atoms with Gasteiger partial charge in [0.05, 0.1) is 12.6 Å². The molecule has 2 bridgehead atoms. The summed E-state index contributed by atoms with van der Waals surface area (Å²) in [7, 11) is 3.03. The smallest absolute Gasteiger partial charge is 0.294 e. The van der Waals surface area contributed by atoms with E-state index in [1.54, 1.807) is 4.90 Å². The minimum atomic E-state index is -1.15. The van der Waals surface area contributed by atoms with E-state index in [4.69, 9.17) is 14.2 Å². The highest BCUT2D eigenvalue weighted by atomic mass is 16.7. The van der Waals surface area contributed by atoms with Gasteiger partial charge < -0.3 is 24.0 Å². The van der Waals surface area contributed by atoms with Crippen molar-refractivity contribution < 1.29 is 28.6 Å². The number of piperidine rings is 1. The van der Waals surface area contributed by atoms with Gasteiger partial charge in [0.25, 0.3) is 11.7 Å². The molecular weight excluding hydrogens is 460 g/mol. The lowest BCUT2D eigenvalue weighted by Gasteiger charge is -2.49. The number of methoxy groups -OCH3 is 2. The summed E-state index contributed by atoms with van der Waals surface area (Å²) >= 11 is 0. The molecule has 2 aliphatic heterocycles. The molecule has 1 aromatic rings. The average molecular weight is 501 g/mol. The zero-order valence-corrected chi connectivity index (χ0v) is 21.7. The largest absolute Gasteiger partial charge is 0.361 e. The van der Waals surface area contributed by atoms with Crippen LogP contribution in [0.15, 0.2) is 30.3 Å². The number of carbonyl (C=O) groups is 3. The van der Waals surface area contributed by atoms with Crippen molar-refractivity contribution in [2.45, 2.75) is 88.2 Å². The number of nitrogens with zero attached hydrogens (tertiary/aromatic N) is 2. The molecule has 0 radical (unpaired) electrons. The number of Topliss-reactive ketones (excluding diaryl/α,β-unsaturated/α-hetero) is 1. The first kappa shape index (κ1) is 26.8. The van der Waals surface area contributed by atoms with Gasteiger partial charge in [0.15, 0.2) is 6.29 Å². The van der Waals surface area contributed by atoms with Crippen LogP contribution in [-0.4, -0.2) is 85.3 Å². The molecule has 0 N–H and O–H groups in total. The average Bonchev–Trinajstić information content (AvgIpc) is 3.39. The highest BCUT2D eigenvalue weighted by Crippen LogP contribution is 2.37. The first-order chi connectivity index (χ1) is 17.5. The summed E-state index contributed by atoms with van der Waals surface area (Å²) in [5.74, 6) is -1.10. The van der Waals surface area contributed by atoms with Crippen LogP contribution in [0.1, 0.15) is 63.4 Å². The number of fused-ring (bicyclic) bond motifs is 2. The third-order valence-corrected chi connectivity index (χ3v) is 8.03. The van der Waals surface area contributed by atoms with Crippen LogP contribution in [0.4, 0.5) is 0 Å². The van der Waals surface area contributed by atoms with E-state index in [2.05, 4.69) is 12.1 Å². The molecule has 0 aromatic heterocycles. The summed E-state index contributed by atoms with van der Waals surface area (Å²) in [5, 5.41) is 0. The predicted molar refractivity (Wildman–Crippen MR) is 134 cm³/mol. The van der Waals surface area contributed by atoms with Gasteiger partial charge in [-0.1, -0.05) is 30.3 Å². The topological polar surface area (TPSA) is 85.4 Å². The zero-order chi connectivity index (χ0) is 25.5. The molecular formula is C28H40N2O6. The Bertz CT molecular complexity index is 897. The molecule has 36 heavy (non-hydrogen) atoms. The highest BCUT2D eigenvalue weighted by Gasteiger charge is 2.52. The van der Waals surface area contributed by atoms with Crippen LogP contribution in [0.2, 0.25) is 0 Å². The number of likely N-dealkylation sites (tertiary alicyclic amines) is 1. The Morgan fingerprint density at radius 3 is 2.44 bits per heavy atom. The summed E-state index contributed by atoms with van der Waals surface area (Å²) in [5.41, 5.74) is 0.151. The zero-order valence-electron chi connectivity index (χ0n) is 21.7. The normalized spacial score (nSPS) is 23.4. The SMILES string of the molecule is COC(COC1(C(=O)C(=O)N2C3CCCC2C(=O)N(CCCCc2ccccc2)C3)CCCC1)OC. The monoisotopic (exact) mass is 500 g/mol. The molecule has 2 amide bonds. The number of ketones is 1. The van der Waals surface area contributed by atoms with Crippen molar-refractivity contribution in [1.29, 1.82) is 0 Å². The van der Waals surface area contributed by atoms with Gasteiger partial charge in [-0.3, -0.25) is 14.4 Å². The number of unbranched alkanes of at least 4 members (excludes halogenated alkanes) is 1. The first-order valence-corrected chi connectivity index (χ1v) is 13.4. The fraction of sp³-hybridized carbons (Fsp3) is 0.679. The molecule has 1 saturated carbocycles. The number of hydrogen-bond donors (Lipinski definition) is 0. The summed E-state index contributed by atoms with van der Waals surface area (Å²) in [6, 6.07) is 9.70. The van der Waals surface area contributed by atoms with Gasteiger partial charge in [0, 0.05) is 27.3 Å². The molecule has 3 fully saturated rings. The molecule has 2 atom stereocenters. The van der Waals surface area contributed by atoms with Gasteiger partial charge >= 0.3 is 0 Å². The van der Waals surface area contributed by atoms with Gasteiger partial charge in [0.1, 0.15) is 11.6 Å². The minimum absolute atomic E-state index is 0.0213. The number of aryl methyl sites for hydroxylation is 1. The molecule has 2 heterocycles. The Morgan fingerprint density at radius 1 is 1.03 bits per heavy atom. The second kappa shape index (κ2) is 12.3. The van der Waals surface area contributed by atoms with Crippen LogP contribution in [0.5, 0.6) is 0 Å². The molecule has 2 unspecified atom stereocenters. The van der Waals surface area contributed by atoms with E-state index < -0.39 is 29.6 Å². The number of carbonyl (C=O) groups excluding carboxylic acids is 3. The lowest BCUT2D eigenvalue weighted by Crippen LogP contribution is -2.67. The Hall–Kier alpha value is -2.29. The lowest BCUT2D eigenvalue weighted by molar-refractivity contribution is -0.185. The van der Waals surface area contributed by atoms with E-state index in [0.29, 0.717) is 32.4 Å². The maximum atomic E-state index is 13.6. The second-order valence-electron chi connectivity index (χ2n) is 10.3. The molecule has 2 saturated heterocycles. The van der Waals surface area contributed by atoms with E-state index in [1.165, 1.54) is 19.8 Å². The van der Waals surface area contributed by atoms with Crippen molar-refractivity contribution in [3.8, 4) is 0 Å². The number of rotatable bonds is 12. The summed E-state index contributed by atoms with van der Waals surface area (Å²) in [4.78, 5) is 44.1. The lowest BCUT2D eigenvalue weighted by atomic mass is 9.87. The number of amides is 2. The third kappa shape index (κ3) is 5.82. The maximum absolute atomic E-state index is 13.6. The number of hydrogen-bond acceptors (Lipinski definition) is 6. The number of piperazine rings is 1. The second-order valence-corrected chi connectivity index (χ2v) is 10.3. The van der Waals surface area contributed by atoms with Crippen LogP contribution in [-0.2, 0) is 35.0 Å². The fourth-order valence-electron chi connectivity index (χ4n) is 6.00. The Balaban J connectivity index is 1.38. The van der Waals surface area contributed by atoms with Crippen LogP contribution in [0.3, 0.4) is 0 Å². The van der Waals surface area contributed by atoms with Crippen molar-refractivity contribution >= 4 is 17.6 Å². The Labute approximate surface area is 214 Å². The van der Waals surface area contributed by atoms with Gasteiger partial charge in [-0.05, 0) is 69.8 Å². The van der Waals surface area contributed by atoms with E-state index in [1.807, 2.05) is 23.1 Å². The van der Waals surface area contributed by atoms with Crippen LogP contribution in [0.25, 0.3) is 0 Å². The standard InChI is InChI=1S/C28H40N2O6/c1-34-24(35-2)20-36-28(16-7-8-17-28)25(31)27(33)30-22-14-10-15-23(30)26(32)29(19-22)18-9-6-13-21-11-4-3-5-12-21/h3-5,11-12,22-24H,6-10,13-20H2,1-2H3. The molecule has 0 spiro atoms. The Kier molecular flexibility index (Phi) is 9.14. The van der Waals surface area contributed by atoms with E-state index in [0.717, 1.165) is 44.9 Å². The quantitative estimate of drug-likeness (QED) is 0.249. The van der Waals surface area contributed by atoms with Gasteiger partial charge in [-0.2, -0.15) is 0 Å². The fourth-order valence-corrected chi connectivity index (χ4v) is 6.00. The molecule has 1 aliphatic carbocycles. The van der Waals surface area contributed by atoms with Crippen molar-refractivity contribution in [3.63, 3.8) is 0 Å². The molecule has 8 heteroatoms. The van der Waals surface area contributed by atoms with Crippen LogP contribution in [0, 0.1) is 0 Å². The highest BCUT2D eigenvalue weighted by molar-refractivity contribution is 6.39. The minimum Gasteiger partial charge on any atom is -0.361 e. The van der Waals surface area contributed by atoms with Crippen molar-refractivity contribution in [2.75, 3.05) is 33.9 Å². The predicted octanol–water partition coefficient (Wildman–Crippen LogP) is 3.12. The third-order valence-electron chi connectivity index (χ3n) is 8.03. The van der Waals surface area contributed by atoms with E-state index in [9.17, 15) is 14.4 Å². The van der Waals surface area contributed by atoms with Crippen LogP contribution >= 0.6 is 0 Å². The molecule has 1 aromatic carbocycles. The summed E-state index contributed by atoms with van der Waals surface area (Å²) in [6.45, 7) is 1.27. The molecule has 8 nitrogen and oxygen atoms in total. The van der Waals surface area contributed by atoms with E-state index >= 15 is 0 Å². The maximum Gasteiger partial charge on any atom is 0.294 e. The van der Waals surface area contributed by atoms with E-state index in [-0.39, 0.29) is 18.6 Å². The van der Waals surface area contributed by atoms with Gasteiger partial charge in [0.2, 0.25) is 5.91 Å². The van der Waals surface area contributed by atoms with Crippen molar-refractivity contribution in [3.05, 3.63) is 35.9 Å². The van der Waals surface area contributed by atoms with Crippen molar-refractivity contribution in [2.24, 2.45) is 0 Å². The molecule has 3 aliphatic rings. The summed E-state index contributed by atoms with van der Waals surface area (Å²) < 4.78 is 16.5. The Morgan fingerprint density at radius 2 is 1.75 bits per heavy atom. The van der Waals surface area contributed by atoms with Crippen molar-refractivity contribution in [1.82, 2.24) is 9.80 Å². The first-order valence-electron chi connectivity index (χ1n) is 13.4. The molecule has 4 rings (SSSR count). The molecule has 198 valence electrons.